The van der Waals surface area contributed by atoms with Crippen molar-refractivity contribution < 1.29 is 0 Å². The van der Waals surface area contributed by atoms with Crippen LogP contribution in [0.25, 0.3) is 4.85 Å². The van der Waals surface area contributed by atoms with Crippen LogP contribution in [-0.4, -0.2) is 6.04 Å². The van der Waals surface area contributed by atoms with Gasteiger partial charge in [0, 0.05) is 10.8 Å². The average Bonchev–Trinajstić information content (AvgIpc) is 2.48. The highest BCUT2D eigenvalue weighted by molar-refractivity contribution is 5.20. The Morgan fingerprint density at radius 3 is 2.53 bits per heavy atom. The van der Waals surface area contributed by atoms with Gasteiger partial charge in [0.25, 0.3) is 0 Å². The summed E-state index contributed by atoms with van der Waals surface area (Å²) in [5, 5.41) is 0. The zero-order chi connectivity index (χ0) is 12.4. The summed E-state index contributed by atoms with van der Waals surface area (Å²) in [5.41, 5.74) is 0.673. The molecule has 17 heavy (non-hydrogen) atoms. The first kappa shape index (κ1) is 11.6. The second kappa shape index (κ2) is 3.28. The van der Waals surface area contributed by atoms with E-state index in [9.17, 15) is 0 Å². The van der Waals surface area contributed by atoms with E-state index in [4.69, 9.17) is 6.57 Å². The average molecular weight is 231 g/mol. The van der Waals surface area contributed by atoms with Crippen molar-refractivity contribution in [3.63, 3.8) is 0 Å². The van der Waals surface area contributed by atoms with E-state index in [1.807, 2.05) is 0 Å². The van der Waals surface area contributed by atoms with Crippen molar-refractivity contribution >= 4 is 0 Å². The summed E-state index contributed by atoms with van der Waals surface area (Å²) >= 11 is 0. The zero-order valence-electron chi connectivity index (χ0n) is 11.7. The number of hydrogen-bond acceptors (Lipinski definition) is 0. The van der Waals surface area contributed by atoms with Crippen molar-refractivity contribution in [2.24, 2.45) is 34.5 Å². The molecule has 1 nitrogen and oxygen atoms in total. The highest BCUT2D eigenvalue weighted by Crippen LogP contribution is 2.71. The molecule has 0 heterocycles. The third-order valence-corrected chi connectivity index (χ3v) is 6.59. The van der Waals surface area contributed by atoms with Crippen LogP contribution in [0.5, 0.6) is 0 Å². The predicted octanol–water partition coefficient (Wildman–Crippen LogP) is 4.39. The first-order valence-corrected chi connectivity index (χ1v) is 7.29. The lowest BCUT2D eigenvalue weighted by atomic mass is 9.48. The summed E-state index contributed by atoms with van der Waals surface area (Å²) in [5.74, 6) is 3.47. The minimum Gasteiger partial charge on any atom is -0.312 e. The van der Waals surface area contributed by atoms with Gasteiger partial charge in [-0.1, -0.05) is 27.7 Å². The Balaban J connectivity index is 2.05. The fraction of sp³-hybridized carbons (Fsp3) is 0.938. The molecule has 4 rings (SSSR count). The van der Waals surface area contributed by atoms with Gasteiger partial charge in [0.05, 0.1) is 0 Å². The quantitative estimate of drug-likeness (QED) is 0.589. The molecular formula is C16H25N. The normalized spacial score (nSPS) is 56.2. The SMILES string of the molecule is [C-]#[N+][C@@H]1[C@@]2(C)CCC3C(C2)[C@H](C(C)C)C[C@@]31C. The summed E-state index contributed by atoms with van der Waals surface area (Å²) < 4.78 is 0. The molecule has 1 heteroatoms. The van der Waals surface area contributed by atoms with E-state index in [1.54, 1.807) is 0 Å². The van der Waals surface area contributed by atoms with Gasteiger partial charge in [0.1, 0.15) is 0 Å². The Kier molecular flexibility index (Phi) is 2.23. The molecule has 4 bridgehead atoms. The maximum atomic E-state index is 7.65. The maximum absolute atomic E-state index is 7.65. The molecule has 4 aliphatic rings. The monoisotopic (exact) mass is 231 g/mol. The van der Waals surface area contributed by atoms with E-state index in [1.165, 1.54) is 25.7 Å². The largest absolute Gasteiger partial charge is 0.312 e. The van der Waals surface area contributed by atoms with Crippen LogP contribution in [0.4, 0.5) is 0 Å². The first-order chi connectivity index (χ1) is 7.92. The van der Waals surface area contributed by atoms with Crippen LogP contribution in [0.1, 0.15) is 53.4 Å². The number of hydrogen-bond donors (Lipinski definition) is 0. The van der Waals surface area contributed by atoms with Gasteiger partial charge >= 0.3 is 0 Å². The van der Waals surface area contributed by atoms with Gasteiger partial charge < -0.3 is 4.85 Å². The number of fused-ring (bicyclic) bond motifs is 1. The van der Waals surface area contributed by atoms with E-state index in [0.717, 1.165) is 23.7 Å². The van der Waals surface area contributed by atoms with Gasteiger partial charge in [0.2, 0.25) is 6.04 Å². The van der Waals surface area contributed by atoms with E-state index in [2.05, 4.69) is 32.5 Å². The molecule has 6 atom stereocenters. The Morgan fingerprint density at radius 1 is 1.24 bits per heavy atom. The molecule has 0 aromatic rings. The fourth-order valence-electron chi connectivity index (χ4n) is 5.95. The van der Waals surface area contributed by atoms with Crippen LogP contribution >= 0.6 is 0 Å². The zero-order valence-corrected chi connectivity index (χ0v) is 11.7. The lowest BCUT2D eigenvalue weighted by Gasteiger charge is -2.54. The first-order valence-electron chi connectivity index (χ1n) is 7.29. The summed E-state index contributed by atoms with van der Waals surface area (Å²) in [6.07, 6.45) is 5.36. The molecule has 0 N–H and O–H groups in total. The lowest BCUT2D eigenvalue weighted by molar-refractivity contribution is -0.0521. The number of rotatable bonds is 1. The molecule has 94 valence electrons. The number of nitrogens with zero attached hydrogens (tertiary/aromatic N) is 1. The molecule has 0 radical (unpaired) electrons. The predicted molar refractivity (Wildman–Crippen MR) is 70.4 cm³/mol. The topological polar surface area (TPSA) is 4.36 Å². The molecule has 0 aromatic carbocycles. The van der Waals surface area contributed by atoms with Gasteiger partial charge in [-0.2, -0.15) is 0 Å². The Labute approximate surface area is 106 Å². The highest BCUT2D eigenvalue weighted by Gasteiger charge is 2.70. The van der Waals surface area contributed by atoms with Gasteiger partial charge in [-0.3, -0.25) is 0 Å². The van der Waals surface area contributed by atoms with Crippen molar-refractivity contribution in [3.8, 4) is 0 Å². The fourth-order valence-corrected chi connectivity index (χ4v) is 5.95. The van der Waals surface area contributed by atoms with Crippen LogP contribution in [0.2, 0.25) is 0 Å². The molecular weight excluding hydrogens is 206 g/mol. The molecule has 0 aliphatic heterocycles. The van der Waals surface area contributed by atoms with E-state index in [-0.39, 0.29) is 0 Å². The van der Waals surface area contributed by atoms with Gasteiger partial charge in [-0.15, -0.1) is 0 Å². The molecule has 4 fully saturated rings. The lowest BCUT2D eigenvalue weighted by Crippen LogP contribution is -2.55. The van der Waals surface area contributed by atoms with Crippen molar-refractivity contribution in [2.45, 2.75) is 59.4 Å². The van der Waals surface area contributed by atoms with Crippen molar-refractivity contribution in [3.05, 3.63) is 11.4 Å². The minimum absolute atomic E-state index is 0.300. The Bertz CT molecular complexity index is 379. The molecule has 4 aliphatic carbocycles. The molecule has 0 amide bonds. The van der Waals surface area contributed by atoms with Crippen molar-refractivity contribution in [1.82, 2.24) is 0 Å². The maximum Gasteiger partial charge on any atom is 0.234 e. The Morgan fingerprint density at radius 2 is 1.94 bits per heavy atom. The van der Waals surface area contributed by atoms with E-state index in [0.29, 0.717) is 16.9 Å². The van der Waals surface area contributed by atoms with Gasteiger partial charge in [-0.25, -0.2) is 6.57 Å². The summed E-state index contributed by atoms with van der Waals surface area (Å²) in [6.45, 7) is 17.3. The van der Waals surface area contributed by atoms with Crippen LogP contribution in [0.3, 0.4) is 0 Å². The summed E-state index contributed by atoms with van der Waals surface area (Å²) in [4.78, 5) is 4.10. The molecule has 0 spiro atoms. The third kappa shape index (κ3) is 1.25. The van der Waals surface area contributed by atoms with Crippen LogP contribution in [0.15, 0.2) is 0 Å². The third-order valence-electron chi connectivity index (χ3n) is 6.59. The van der Waals surface area contributed by atoms with Crippen LogP contribution in [0, 0.1) is 41.1 Å². The van der Waals surface area contributed by atoms with Crippen molar-refractivity contribution in [2.75, 3.05) is 0 Å². The second-order valence-corrected chi connectivity index (χ2v) is 7.82. The minimum atomic E-state index is 0.300. The summed E-state index contributed by atoms with van der Waals surface area (Å²) in [6, 6.07) is 0.300. The molecule has 2 unspecified atom stereocenters. The second-order valence-electron chi connectivity index (χ2n) is 7.82. The highest BCUT2D eigenvalue weighted by atomic mass is 14.9. The Hall–Kier alpha value is -0.510. The van der Waals surface area contributed by atoms with Gasteiger partial charge in [-0.05, 0) is 49.4 Å². The molecule has 4 saturated carbocycles. The van der Waals surface area contributed by atoms with E-state index >= 15 is 0 Å². The van der Waals surface area contributed by atoms with Crippen molar-refractivity contribution in [1.29, 1.82) is 0 Å². The van der Waals surface area contributed by atoms with E-state index < -0.39 is 0 Å². The standard InChI is InChI=1S/C16H25N/c1-10(2)11-9-16(4)13-6-7-15(3,8-12(11)13)14(16)17-5/h10-14H,6-9H2,1-4H3/t11-,12?,13?,14+,15-,16-/m0/s1. The van der Waals surface area contributed by atoms with Crippen LogP contribution < -0.4 is 0 Å². The van der Waals surface area contributed by atoms with Gasteiger partial charge in [0.15, 0.2) is 0 Å². The molecule has 0 saturated heterocycles. The molecule has 0 aromatic heterocycles. The summed E-state index contributed by atoms with van der Waals surface area (Å²) in [7, 11) is 0. The smallest absolute Gasteiger partial charge is 0.234 e. The van der Waals surface area contributed by atoms with Crippen LogP contribution in [-0.2, 0) is 0 Å².